The predicted molar refractivity (Wildman–Crippen MR) is 69.7 cm³/mol. The number of hydrogen-bond donors (Lipinski definition) is 0. The fourth-order valence-electron chi connectivity index (χ4n) is 2.95. The van der Waals surface area contributed by atoms with Crippen LogP contribution in [0.25, 0.3) is 0 Å². The van der Waals surface area contributed by atoms with Gasteiger partial charge in [0.2, 0.25) is 0 Å². The average Bonchev–Trinajstić information content (AvgIpc) is 3.09. The van der Waals surface area contributed by atoms with E-state index < -0.39 is 0 Å². The first-order chi connectivity index (χ1) is 7.70. The summed E-state index contributed by atoms with van der Waals surface area (Å²) in [6.07, 6.45) is 4.46. The summed E-state index contributed by atoms with van der Waals surface area (Å²) in [5.74, 6) is 1.89. The van der Waals surface area contributed by atoms with E-state index in [0.717, 1.165) is 17.9 Å². The lowest BCUT2D eigenvalue weighted by molar-refractivity contribution is 0.0718. The molecular weight excluding hydrogens is 196 g/mol. The van der Waals surface area contributed by atoms with Crippen LogP contribution in [0.5, 0.6) is 0 Å². The highest BCUT2D eigenvalue weighted by molar-refractivity contribution is 4.86. The van der Waals surface area contributed by atoms with Crippen LogP contribution < -0.4 is 0 Å². The Bertz CT molecular complexity index is 203. The highest BCUT2D eigenvalue weighted by Crippen LogP contribution is 2.36. The van der Waals surface area contributed by atoms with Gasteiger partial charge in [-0.2, -0.15) is 0 Å². The zero-order valence-corrected chi connectivity index (χ0v) is 11.3. The summed E-state index contributed by atoms with van der Waals surface area (Å²) < 4.78 is 0. The fraction of sp³-hybridized carbons (Fsp3) is 1.00. The van der Waals surface area contributed by atoms with Gasteiger partial charge in [-0.15, -0.1) is 0 Å². The zero-order chi connectivity index (χ0) is 11.5. The van der Waals surface area contributed by atoms with E-state index in [4.69, 9.17) is 0 Å². The standard InChI is InChI=1S/C14H28N2/c1-4-15-7-9-16(10-8-15)14(12(2)3)11-13-5-6-13/h12-14H,4-11H2,1-3H3. The van der Waals surface area contributed by atoms with E-state index >= 15 is 0 Å². The molecule has 1 atom stereocenters. The molecule has 0 amide bonds. The summed E-state index contributed by atoms with van der Waals surface area (Å²) in [5, 5.41) is 0. The van der Waals surface area contributed by atoms with Crippen LogP contribution in [0.3, 0.4) is 0 Å². The minimum absolute atomic E-state index is 0.828. The minimum Gasteiger partial charge on any atom is -0.301 e. The van der Waals surface area contributed by atoms with Crippen LogP contribution >= 0.6 is 0 Å². The van der Waals surface area contributed by atoms with Gasteiger partial charge in [0.25, 0.3) is 0 Å². The van der Waals surface area contributed by atoms with Crippen LogP contribution in [-0.4, -0.2) is 48.6 Å². The molecule has 94 valence electrons. The highest BCUT2D eigenvalue weighted by atomic mass is 15.3. The van der Waals surface area contributed by atoms with E-state index in [2.05, 4.69) is 30.6 Å². The van der Waals surface area contributed by atoms with E-state index in [1.807, 2.05) is 0 Å². The lowest BCUT2D eigenvalue weighted by atomic mass is 9.96. The van der Waals surface area contributed by atoms with Gasteiger partial charge in [-0.1, -0.05) is 33.6 Å². The second kappa shape index (κ2) is 5.50. The van der Waals surface area contributed by atoms with Crippen molar-refractivity contribution in [1.82, 2.24) is 9.80 Å². The lowest BCUT2D eigenvalue weighted by Crippen LogP contribution is -2.51. The van der Waals surface area contributed by atoms with E-state index in [0.29, 0.717) is 0 Å². The Labute approximate surface area is 101 Å². The minimum atomic E-state index is 0.828. The van der Waals surface area contributed by atoms with Gasteiger partial charge < -0.3 is 4.90 Å². The van der Waals surface area contributed by atoms with E-state index in [-0.39, 0.29) is 0 Å². The molecule has 0 aromatic rings. The number of piperazine rings is 1. The van der Waals surface area contributed by atoms with Crippen LogP contribution in [0.2, 0.25) is 0 Å². The van der Waals surface area contributed by atoms with Crippen molar-refractivity contribution in [2.45, 2.75) is 46.1 Å². The summed E-state index contributed by atoms with van der Waals surface area (Å²) >= 11 is 0. The van der Waals surface area contributed by atoms with Crippen LogP contribution in [0.15, 0.2) is 0 Å². The van der Waals surface area contributed by atoms with Crippen molar-refractivity contribution in [1.29, 1.82) is 0 Å². The monoisotopic (exact) mass is 224 g/mol. The summed E-state index contributed by atoms with van der Waals surface area (Å²) in [4.78, 5) is 5.33. The van der Waals surface area contributed by atoms with Gasteiger partial charge in [0.15, 0.2) is 0 Å². The van der Waals surface area contributed by atoms with E-state index in [1.54, 1.807) is 0 Å². The molecule has 0 radical (unpaired) electrons. The Morgan fingerprint density at radius 1 is 1.06 bits per heavy atom. The first-order valence-corrected chi connectivity index (χ1v) is 7.17. The van der Waals surface area contributed by atoms with Gasteiger partial charge in [-0.3, -0.25) is 4.90 Å². The third kappa shape index (κ3) is 3.21. The van der Waals surface area contributed by atoms with Crippen molar-refractivity contribution < 1.29 is 0 Å². The van der Waals surface area contributed by atoms with E-state index in [9.17, 15) is 0 Å². The van der Waals surface area contributed by atoms with Crippen molar-refractivity contribution in [3.63, 3.8) is 0 Å². The van der Waals surface area contributed by atoms with Crippen molar-refractivity contribution in [2.75, 3.05) is 32.7 Å². The van der Waals surface area contributed by atoms with Crippen LogP contribution in [0.1, 0.15) is 40.0 Å². The molecule has 2 nitrogen and oxygen atoms in total. The molecule has 2 aliphatic rings. The topological polar surface area (TPSA) is 6.48 Å². The van der Waals surface area contributed by atoms with Gasteiger partial charge in [0.05, 0.1) is 0 Å². The predicted octanol–water partition coefficient (Wildman–Crippen LogP) is 2.45. The normalized spacial score (nSPS) is 26.2. The second-order valence-electron chi connectivity index (χ2n) is 5.96. The Morgan fingerprint density at radius 2 is 1.69 bits per heavy atom. The molecular formula is C14H28N2. The van der Waals surface area contributed by atoms with Gasteiger partial charge >= 0.3 is 0 Å². The zero-order valence-electron chi connectivity index (χ0n) is 11.3. The molecule has 2 heteroatoms. The Morgan fingerprint density at radius 3 is 2.12 bits per heavy atom. The molecule has 0 aromatic heterocycles. The van der Waals surface area contributed by atoms with Gasteiger partial charge in [0.1, 0.15) is 0 Å². The lowest BCUT2D eigenvalue weighted by Gasteiger charge is -2.41. The molecule has 1 aliphatic carbocycles. The molecule has 0 bridgehead atoms. The van der Waals surface area contributed by atoms with Crippen molar-refractivity contribution in [2.24, 2.45) is 11.8 Å². The molecule has 0 N–H and O–H groups in total. The first-order valence-electron chi connectivity index (χ1n) is 7.17. The Kier molecular flexibility index (Phi) is 4.26. The molecule has 0 aromatic carbocycles. The largest absolute Gasteiger partial charge is 0.301 e. The molecule has 16 heavy (non-hydrogen) atoms. The Hall–Kier alpha value is -0.0800. The van der Waals surface area contributed by atoms with E-state index in [1.165, 1.54) is 52.0 Å². The molecule has 1 aliphatic heterocycles. The number of nitrogens with zero attached hydrogens (tertiary/aromatic N) is 2. The third-order valence-corrected chi connectivity index (χ3v) is 4.36. The highest BCUT2D eigenvalue weighted by Gasteiger charge is 2.31. The third-order valence-electron chi connectivity index (χ3n) is 4.36. The SMILES string of the molecule is CCN1CCN(C(CC2CC2)C(C)C)CC1. The average molecular weight is 224 g/mol. The molecule has 1 unspecified atom stereocenters. The second-order valence-corrected chi connectivity index (χ2v) is 5.96. The van der Waals surface area contributed by atoms with Crippen LogP contribution in [-0.2, 0) is 0 Å². The number of rotatable bonds is 5. The first kappa shape index (κ1) is 12.4. The molecule has 1 saturated heterocycles. The van der Waals surface area contributed by atoms with Gasteiger partial charge in [-0.25, -0.2) is 0 Å². The van der Waals surface area contributed by atoms with Gasteiger partial charge in [0, 0.05) is 32.2 Å². The maximum atomic E-state index is 2.76. The van der Waals surface area contributed by atoms with Crippen molar-refractivity contribution in [3.05, 3.63) is 0 Å². The summed E-state index contributed by atoms with van der Waals surface area (Å²) in [7, 11) is 0. The van der Waals surface area contributed by atoms with Crippen molar-refractivity contribution >= 4 is 0 Å². The smallest absolute Gasteiger partial charge is 0.0122 e. The van der Waals surface area contributed by atoms with Crippen LogP contribution in [0.4, 0.5) is 0 Å². The van der Waals surface area contributed by atoms with Crippen molar-refractivity contribution in [3.8, 4) is 0 Å². The summed E-state index contributed by atoms with van der Waals surface area (Å²) in [6.45, 7) is 13.5. The van der Waals surface area contributed by atoms with Crippen LogP contribution in [0, 0.1) is 11.8 Å². The fourth-order valence-corrected chi connectivity index (χ4v) is 2.95. The summed E-state index contributed by atoms with van der Waals surface area (Å²) in [6, 6.07) is 0.853. The number of likely N-dealkylation sites (N-methyl/N-ethyl adjacent to an activating group) is 1. The number of hydrogen-bond acceptors (Lipinski definition) is 2. The van der Waals surface area contributed by atoms with Gasteiger partial charge in [-0.05, 0) is 24.8 Å². The molecule has 0 spiro atoms. The molecule has 1 saturated carbocycles. The quantitative estimate of drug-likeness (QED) is 0.708. The summed E-state index contributed by atoms with van der Waals surface area (Å²) in [5.41, 5.74) is 0. The molecule has 2 rings (SSSR count). The molecule has 1 heterocycles. The maximum absolute atomic E-state index is 2.76. The molecule has 2 fully saturated rings. The maximum Gasteiger partial charge on any atom is 0.0122 e. The Balaban J connectivity index is 1.83.